The van der Waals surface area contributed by atoms with E-state index in [-0.39, 0.29) is 11.9 Å². The van der Waals surface area contributed by atoms with E-state index >= 15 is 0 Å². The Labute approximate surface area is 116 Å². The van der Waals surface area contributed by atoms with E-state index in [1.165, 1.54) is 12.1 Å². The Morgan fingerprint density at radius 1 is 1.35 bits per heavy atom. The first-order valence-electron chi connectivity index (χ1n) is 6.72. The second-order valence-corrected chi connectivity index (χ2v) is 4.78. The molecule has 0 aliphatic carbocycles. The minimum absolute atomic E-state index is 0.237. The van der Waals surface area contributed by atoms with Crippen LogP contribution in [0.5, 0.6) is 0 Å². The summed E-state index contributed by atoms with van der Waals surface area (Å²) in [6.45, 7) is 2.25. The summed E-state index contributed by atoms with van der Waals surface area (Å²) in [6.07, 6.45) is 2.22. The summed E-state index contributed by atoms with van der Waals surface area (Å²) in [6, 6.07) is 6.12. The highest BCUT2D eigenvalue weighted by Gasteiger charge is 2.15. The molecule has 0 amide bonds. The maximum absolute atomic E-state index is 13.1. The minimum atomic E-state index is -0.320. The van der Waals surface area contributed by atoms with Crippen LogP contribution in [0.15, 0.2) is 28.8 Å². The normalized spacial score (nSPS) is 16.4. The first kappa shape index (κ1) is 13.2. The molecule has 0 unspecified atom stereocenters. The smallest absolute Gasteiger partial charge is 0.252 e. The van der Waals surface area contributed by atoms with Gasteiger partial charge in [-0.2, -0.15) is 4.98 Å². The molecule has 1 aliphatic rings. The predicted octanol–water partition coefficient (Wildman–Crippen LogP) is 2.14. The van der Waals surface area contributed by atoms with Crippen LogP contribution in [0.3, 0.4) is 0 Å². The molecule has 1 aromatic heterocycles. The molecule has 3 rings (SSSR count). The Balaban J connectivity index is 1.61. The number of nitrogens with one attached hydrogen (secondary N) is 1. The van der Waals surface area contributed by atoms with Crippen molar-refractivity contribution in [3.05, 3.63) is 36.0 Å². The van der Waals surface area contributed by atoms with Crippen molar-refractivity contribution in [2.75, 3.05) is 13.1 Å². The molecule has 1 aromatic carbocycles. The van der Waals surface area contributed by atoms with Crippen LogP contribution in [0.2, 0.25) is 0 Å². The van der Waals surface area contributed by atoms with Gasteiger partial charge in [-0.3, -0.25) is 0 Å². The fourth-order valence-corrected chi connectivity index (χ4v) is 2.21. The van der Waals surface area contributed by atoms with E-state index in [2.05, 4.69) is 15.5 Å². The lowest BCUT2D eigenvalue weighted by molar-refractivity contribution is 0.00859. The Kier molecular flexibility index (Phi) is 4.03. The van der Waals surface area contributed by atoms with Gasteiger partial charge in [-0.05, 0) is 38.1 Å². The number of hydrogen-bond acceptors (Lipinski definition) is 5. The van der Waals surface area contributed by atoms with Crippen molar-refractivity contribution in [2.24, 2.45) is 0 Å². The van der Waals surface area contributed by atoms with Crippen LogP contribution in [0.4, 0.5) is 4.39 Å². The van der Waals surface area contributed by atoms with Gasteiger partial charge < -0.3 is 14.6 Å². The zero-order chi connectivity index (χ0) is 13.8. The maximum Gasteiger partial charge on any atom is 0.252 e. The summed E-state index contributed by atoms with van der Waals surface area (Å²) in [7, 11) is 0. The van der Waals surface area contributed by atoms with Crippen molar-refractivity contribution < 1.29 is 13.7 Å². The lowest BCUT2D eigenvalue weighted by Gasteiger charge is -2.21. The molecule has 1 fully saturated rings. The SMILES string of the molecule is Fc1cccc(-c2noc(COC3CCNCC3)n2)c1. The van der Waals surface area contributed by atoms with Gasteiger partial charge in [0.1, 0.15) is 12.4 Å². The second-order valence-electron chi connectivity index (χ2n) is 4.78. The third-order valence-corrected chi connectivity index (χ3v) is 3.28. The highest BCUT2D eigenvalue weighted by atomic mass is 19.1. The summed E-state index contributed by atoms with van der Waals surface area (Å²) in [5, 5.41) is 7.12. The Bertz CT molecular complexity index is 567. The first-order chi connectivity index (χ1) is 9.81. The molecule has 1 N–H and O–H groups in total. The molecular formula is C14H16FN3O2. The third kappa shape index (κ3) is 3.20. The molecule has 106 valence electrons. The zero-order valence-electron chi connectivity index (χ0n) is 11.0. The van der Waals surface area contributed by atoms with Gasteiger partial charge in [0.05, 0.1) is 6.10 Å². The molecule has 0 bridgehead atoms. The fourth-order valence-electron chi connectivity index (χ4n) is 2.21. The topological polar surface area (TPSA) is 60.2 Å². The molecule has 5 nitrogen and oxygen atoms in total. The molecule has 0 saturated carbocycles. The number of piperidine rings is 1. The summed E-state index contributed by atoms with van der Waals surface area (Å²) in [4.78, 5) is 4.22. The van der Waals surface area contributed by atoms with E-state index < -0.39 is 0 Å². The van der Waals surface area contributed by atoms with Crippen molar-refractivity contribution in [2.45, 2.75) is 25.6 Å². The minimum Gasteiger partial charge on any atom is -0.368 e. The maximum atomic E-state index is 13.1. The van der Waals surface area contributed by atoms with E-state index in [9.17, 15) is 4.39 Å². The summed E-state index contributed by atoms with van der Waals surface area (Å²) in [5.74, 6) is 0.482. The number of rotatable bonds is 4. The van der Waals surface area contributed by atoms with Crippen molar-refractivity contribution in [1.82, 2.24) is 15.5 Å². The largest absolute Gasteiger partial charge is 0.368 e. The third-order valence-electron chi connectivity index (χ3n) is 3.28. The van der Waals surface area contributed by atoms with Crippen LogP contribution in [0.1, 0.15) is 18.7 Å². The van der Waals surface area contributed by atoms with Crippen LogP contribution >= 0.6 is 0 Å². The Morgan fingerprint density at radius 3 is 3.00 bits per heavy atom. The van der Waals surface area contributed by atoms with E-state index in [4.69, 9.17) is 9.26 Å². The molecule has 2 aromatic rings. The highest BCUT2D eigenvalue weighted by molar-refractivity contribution is 5.53. The molecule has 0 spiro atoms. The van der Waals surface area contributed by atoms with Gasteiger partial charge in [0, 0.05) is 5.56 Å². The summed E-state index contributed by atoms with van der Waals surface area (Å²) in [5.41, 5.74) is 0.599. The molecule has 0 radical (unpaired) electrons. The number of nitrogens with zero attached hydrogens (tertiary/aromatic N) is 2. The van der Waals surface area contributed by atoms with Crippen molar-refractivity contribution in [1.29, 1.82) is 0 Å². The van der Waals surface area contributed by atoms with Crippen molar-refractivity contribution in [3.8, 4) is 11.4 Å². The predicted molar refractivity (Wildman–Crippen MR) is 70.4 cm³/mol. The van der Waals surface area contributed by atoms with E-state index in [1.807, 2.05) is 0 Å². The van der Waals surface area contributed by atoms with Crippen molar-refractivity contribution in [3.63, 3.8) is 0 Å². The van der Waals surface area contributed by atoms with Gasteiger partial charge in [0.2, 0.25) is 5.82 Å². The van der Waals surface area contributed by atoms with E-state index in [1.54, 1.807) is 12.1 Å². The molecule has 0 atom stereocenters. The Hall–Kier alpha value is -1.79. The molecular weight excluding hydrogens is 261 g/mol. The standard InChI is InChI=1S/C14H16FN3O2/c15-11-3-1-2-10(8-11)14-17-13(20-18-14)9-19-12-4-6-16-7-5-12/h1-3,8,12,16H,4-7,9H2. The molecule has 6 heteroatoms. The number of aromatic nitrogens is 2. The van der Waals surface area contributed by atoms with Crippen LogP contribution in [-0.4, -0.2) is 29.3 Å². The second kappa shape index (κ2) is 6.11. The monoisotopic (exact) mass is 277 g/mol. The fraction of sp³-hybridized carbons (Fsp3) is 0.429. The quantitative estimate of drug-likeness (QED) is 0.927. The highest BCUT2D eigenvalue weighted by Crippen LogP contribution is 2.17. The first-order valence-corrected chi connectivity index (χ1v) is 6.72. The van der Waals surface area contributed by atoms with E-state index in [0.717, 1.165) is 25.9 Å². The average molecular weight is 277 g/mol. The summed E-state index contributed by atoms with van der Waals surface area (Å²) < 4.78 is 24.0. The number of hydrogen-bond donors (Lipinski definition) is 1. The molecule has 1 saturated heterocycles. The van der Waals surface area contributed by atoms with E-state index in [0.29, 0.717) is 23.9 Å². The summed E-state index contributed by atoms with van der Waals surface area (Å²) >= 11 is 0. The van der Waals surface area contributed by atoms with Gasteiger partial charge in [-0.15, -0.1) is 0 Å². The molecule has 2 heterocycles. The van der Waals surface area contributed by atoms with Gasteiger partial charge in [0.15, 0.2) is 0 Å². The van der Waals surface area contributed by atoms with Gasteiger partial charge >= 0.3 is 0 Å². The molecule has 20 heavy (non-hydrogen) atoms. The number of benzene rings is 1. The lowest BCUT2D eigenvalue weighted by Crippen LogP contribution is -2.32. The van der Waals surface area contributed by atoms with Crippen LogP contribution in [0.25, 0.3) is 11.4 Å². The van der Waals surface area contributed by atoms with Crippen LogP contribution in [0, 0.1) is 5.82 Å². The van der Waals surface area contributed by atoms with Gasteiger partial charge in [0.25, 0.3) is 5.89 Å². The number of halogens is 1. The zero-order valence-corrected chi connectivity index (χ0v) is 11.0. The van der Waals surface area contributed by atoms with Gasteiger partial charge in [-0.25, -0.2) is 4.39 Å². The van der Waals surface area contributed by atoms with Crippen molar-refractivity contribution >= 4 is 0 Å². The lowest BCUT2D eigenvalue weighted by atomic mass is 10.1. The number of ether oxygens (including phenoxy) is 1. The average Bonchev–Trinajstić information content (AvgIpc) is 2.95. The van der Waals surface area contributed by atoms with Crippen LogP contribution < -0.4 is 5.32 Å². The van der Waals surface area contributed by atoms with Gasteiger partial charge in [-0.1, -0.05) is 17.3 Å². The Morgan fingerprint density at radius 2 is 2.20 bits per heavy atom. The van der Waals surface area contributed by atoms with Crippen LogP contribution in [-0.2, 0) is 11.3 Å². The molecule has 1 aliphatic heterocycles.